The van der Waals surface area contributed by atoms with Gasteiger partial charge in [0, 0.05) is 12.7 Å². The van der Waals surface area contributed by atoms with Gasteiger partial charge in [0.15, 0.2) is 0 Å². The zero-order chi connectivity index (χ0) is 9.68. The van der Waals surface area contributed by atoms with E-state index in [2.05, 4.69) is 42.2 Å². The van der Waals surface area contributed by atoms with Crippen molar-refractivity contribution >= 4 is 11.8 Å². The highest BCUT2D eigenvalue weighted by Crippen LogP contribution is 2.10. The van der Waals surface area contributed by atoms with E-state index >= 15 is 0 Å². The maximum absolute atomic E-state index is 3.80. The Bertz CT molecular complexity index is 306. The van der Waals surface area contributed by atoms with Crippen molar-refractivity contribution in [1.29, 1.82) is 0 Å². The molecule has 1 heteroatoms. The third kappa shape index (κ3) is 3.16. The Morgan fingerprint density at radius 1 is 1.31 bits per heavy atom. The fourth-order valence-corrected chi connectivity index (χ4v) is 0.999. The second-order valence-corrected chi connectivity index (χ2v) is 3.05. The number of nitrogens with one attached hydrogen (secondary N) is 1. The Balaban J connectivity index is 2.75. The van der Waals surface area contributed by atoms with Crippen LogP contribution in [0.5, 0.6) is 0 Å². The van der Waals surface area contributed by atoms with E-state index in [1.54, 1.807) is 0 Å². The van der Waals surface area contributed by atoms with Crippen molar-refractivity contribution in [2.45, 2.75) is 6.92 Å². The summed E-state index contributed by atoms with van der Waals surface area (Å²) in [6.07, 6.45) is 4.07. The molecule has 0 saturated heterocycles. The maximum Gasteiger partial charge on any atom is 0.0337 e. The molecule has 0 amide bonds. The van der Waals surface area contributed by atoms with E-state index in [1.165, 1.54) is 5.56 Å². The molecule has 68 valence electrons. The van der Waals surface area contributed by atoms with Crippen molar-refractivity contribution in [3.05, 3.63) is 48.1 Å². The molecule has 1 N–H and O–H groups in total. The minimum Gasteiger partial charge on any atom is -0.388 e. The average molecular weight is 173 g/mol. The molecule has 0 saturated carbocycles. The molecular formula is C12H15N. The Labute approximate surface area is 79.8 Å². The monoisotopic (exact) mass is 173 g/mol. The lowest BCUT2D eigenvalue weighted by atomic mass is 10.1. The first-order valence-electron chi connectivity index (χ1n) is 4.34. The highest BCUT2D eigenvalue weighted by molar-refractivity contribution is 5.56. The molecule has 0 bridgehead atoms. The molecule has 0 unspecified atom stereocenters. The normalized spacial score (nSPS) is 10.3. The van der Waals surface area contributed by atoms with Crippen LogP contribution in [-0.4, -0.2) is 7.05 Å². The first kappa shape index (κ1) is 9.59. The van der Waals surface area contributed by atoms with Gasteiger partial charge in [0.05, 0.1) is 0 Å². The van der Waals surface area contributed by atoms with Crippen LogP contribution in [-0.2, 0) is 0 Å². The zero-order valence-electron chi connectivity index (χ0n) is 8.17. The molecule has 0 fully saturated rings. The predicted molar refractivity (Wildman–Crippen MR) is 59.8 cm³/mol. The van der Waals surface area contributed by atoms with Gasteiger partial charge in [-0.3, -0.25) is 0 Å². The topological polar surface area (TPSA) is 12.0 Å². The van der Waals surface area contributed by atoms with Gasteiger partial charge in [0.2, 0.25) is 0 Å². The van der Waals surface area contributed by atoms with Gasteiger partial charge in [-0.2, -0.15) is 0 Å². The molecule has 0 spiro atoms. The summed E-state index contributed by atoms with van der Waals surface area (Å²) in [6.45, 7) is 5.79. The summed E-state index contributed by atoms with van der Waals surface area (Å²) >= 11 is 0. The number of allylic oxidation sites excluding steroid dienone is 2. The largest absolute Gasteiger partial charge is 0.388 e. The van der Waals surface area contributed by atoms with Crippen LogP contribution in [0, 0.1) is 0 Å². The van der Waals surface area contributed by atoms with Crippen molar-refractivity contribution in [3.63, 3.8) is 0 Å². The van der Waals surface area contributed by atoms with Gasteiger partial charge in [0.25, 0.3) is 0 Å². The lowest BCUT2D eigenvalue weighted by Gasteiger charge is -1.99. The molecule has 0 aliphatic heterocycles. The Morgan fingerprint density at radius 2 is 1.92 bits per heavy atom. The van der Waals surface area contributed by atoms with Crippen LogP contribution >= 0.6 is 0 Å². The molecule has 0 aliphatic rings. The van der Waals surface area contributed by atoms with E-state index < -0.39 is 0 Å². The third-order valence-electron chi connectivity index (χ3n) is 1.76. The lowest BCUT2D eigenvalue weighted by molar-refractivity contribution is 1.50. The summed E-state index contributed by atoms with van der Waals surface area (Å²) in [5.74, 6) is 0. The SMILES string of the molecule is C=C(C)/C=C/c1ccc(NC)cc1. The highest BCUT2D eigenvalue weighted by Gasteiger charge is 1.87. The van der Waals surface area contributed by atoms with Crippen molar-refractivity contribution in [1.82, 2.24) is 0 Å². The van der Waals surface area contributed by atoms with Crippen molar-refractivity contribution < 1.29 is 0 Å². The Hall–Kier alpha value is -1.50. The number of benzene rings is 1. The molecule has 1 aromatic carbocycles. The lowest BCUT2D eigenvalue weighted by Crippen LogP contribution is -1.86. The summed E-state index contributed by atoms with van der Waals surface area (Å²) < 4.78 is 0. The van der Waals surface area contributed by atoms with E-state index in [-0.39, 0.29) is 0 Å². The van der Waals surface area contributed by atoms with Crippen LogP contribution < -0.4 is 5.32 Å². The minimum atomic E-state index is 1.07. The zero-order valence-corrected chi connectivity index (χ0v) is 8.17. The van der Waals surface area contributed by atoms with E-state index in [0.717, 1.165) is 11.3 Å². The van der Waals surface area contributed by atoms with E-state index in [9.17, 15) is 0 Å². The Morgan fingerprint density at radius 3 is 2.38 bits per heavy atom. The smallest absolute Gasteiger partial charge is 0.0337 e. The number of hydrogen-bond acceptors (Lipinski definition) is 1. The number of hydrogen-bond donors (Lipinski definition) is 1. The van der Waals surface area contributed by atoms with Gasteiger partial charge < -0.3 is 5.32 Å². The van der Waals surface area contributed by atoms with Gasteiger partial charge in [-0.25, -0.2) is 0 Å². The van der Waals surface area contributed by atoms with Crippen LogP contribution in [0.1, 0.15) is 12.5 Å². The van der Waals surface area contributed by atoms with Crippen LogP contribution in [0.15, 0.2) is 42.5 Å². The summed E-state index contributed by atoms with van der Waals surface area (Å²) in [6, 6.07) is 8.26. The number of anilines is 1. The second-order valence-electron chi connectivity index (χ2n) is 3.05. The second kappa shape index (κ2) is 4.51. The standard InChI is InChI=1S/C12H15N/c1-10(2)4-5-11-6-8-12(13-3)9-7-11/h4-9,13H,1H2,2-3H3/b5-4+. The molecule has 0 heterocycles. The van der Waals surface area contributed by atoms with Crippen molar-refractivity contribution in [3.8, 4) is 0 Å². The van der Waals surface area contributed by atoms with Gasteiger partial charge in [-0.05, 0) is 24.6 Å². The van der Waals surface area contributed by atoms with Crippen LogP contribution in [0.4, 0.5) is 5.69 Å². The third-order valence-corrected chi connectivity index (χ3v) is 1.76. The first-order valence-corrected chi connectivity index (χ1v) is 4.34. The van der Waals surface area contributed by atoms with Crippen molar-refractivity contribution in [2.24, 2.45) is 0 Å². The maximum atomic E-state index is 3.80. The van der Waals surface area contributed by atoms with E-state index in [0.29, 0.717) is 0 Å². The quantitative estimate of drug-likeness (QED) is 0.691. The summed E-state index contributed by atoms with van der Waals surface area (Å²) in [5, 5.41) is 3.08. The van der Waals surface area contributed by atoms with E-state index in [4.69, 9.17) is 0 Å². The number of rotatable bonds is 3. The molecule has 0 aromatic heterocycles. The molecule has 0 radical (unpaired) electrons. The fourth-order valence-electron chi connectivity index (χ4n) is 0.999. The van der Waals surface area contributed by atoms with E-state index in [1.807, 2.05) is 20.0 Å². The highest BCUT2D eigenvalue weighted by atomic mass is 14.8. The van der Waals surface area contributed by atoms with Crippen LogP contribution in [0.3, 0.4) is 0 Å². The van der Waals surface area contributed by atoms with Gasteiger partial charge in [-0.15, -0.1) is 0 Å². The predicted octanol–water partition coefficient (Wildman–Crippen LogP) is 3.32. The molecular weight excluding hydrogens is 158 g/mol. The molecule has 1 aromatic rings. The summed E-state index contributed by atoms with van der Waals surface area (Å²) in [7, 11) is 1.92. The molecule has 0 atom stereocenters. The van der Waals surface area contributed by atoms with Gasteiger partial charge in [-0.1, -0.05) is 36.4 Å². The fraction of sp³-hybridized carbons (Fsp3) is 0.167. The molecule has 1 rings (SSSR count). The summed E-state index contributed by atoms with van der Waals surface area (Å²) in [5.41, 5.74) is 3.40. The van der Waals surface area contributed by atoms with Gasteiger partial charge in [0.1, 0.15) is 0 Å². The average Bonchev–Trinajstić information content (AvgIpc) is 2.15. The Kier molecular flexibility index (Phi) is 3.32. The molecule has 0 aliphatic carbocycles. The van der Waals surface area contributed by atoms with Gasteiger partial charge >= 0.3 is 0 Å². The molecule has 1 nitrogen and oxygen atoms in total. The van der Waals surface area contributed by atoms with Crippen LogP contribution in [0.2, 0.25) is 0 Å². The first-order chi connectivity index (χ1) is 6.22. The summed E-state index contributed by atoms with van der Waals surface area (Å²) in [4.78, 5) is 0. The van der Waals surface area contributed by atoms with Crippen molar-refractivity contribution in [2.75, 3.05) is 12.4 Å². The van der Waals surface area contributed by atoms with Crippen LogP contribution in [0.25, 0.3) is 6.08 Å². The minimum absolute atomic E-state index is 1.07. The molecule has 13 heavy (non-hydrogen) atoms.